The van der Waals surface area contributed by atoms with E-state index in [1.165, 1.54) is 5.56 Å². The van der Waals surface area contributed by atoms with Crippen LogP contribution in [0.1, 0.15) is 29.7 Å². The van der Waals surface area contributed by atoms with Gasteiger partial charge in [0.15, 0.2) is 0 Å². The van der Waals surface area contributed by atoms with Crippen LogP contribution in [0.4, 0.5) is 5.82 Å². The molecular formula is C18H16N4. The van der Waals surface area contributed by atoms with Crippen molar-refractivity contribution >= 4 is 16.7 Å². The molecule has 0 saturated carbocycles. The Morgan fingerprint density at radius 3 is 2.59 bits per heavy atom. The average molecular weight is 288 g/mol. The molecule has 4 heteroatoms. The van der Waals surface area contributed by atoms with Crippen molar-refractivity contribution in [2.75, 3.05) is 5.32 Å². The molecule has 0 amide bonds. The van der Waals surface area contributed by atoms with Gasteiger partial charge in [0.1, 0.15) is 12.1 Å². The molecule has 2 aromatic carbocycles. The third-order valence-electron chi connectivity index (χ3n) is 3.68. The van der Waals surface area contributed by atoms with Crippen LogP contribution >= 0.6 is 0 Å². The van der Waals surface area contributed by atoms with Crippen molar-refractivity contribution in [3.63, 3.8) is 0 Å². The Labute approximate surface area is 129 Å². The van der Waals surface area contributed by atoms with Crippen molar-refractivity contribution in [2.45, 2.75) is 19.9 Å². The fourth-order valence-electron chi connectivity index (χ4n) is 2.42. The van der Waals surface area contributed by atoms with E-state index >= 15 is 0 Å². The van der Waals surface area contributed by atoms with Crippen molar-refractivity contribution in [1.82, 2.24) is 9.97 Å². The second-order valence-corrected chi connectivity index (χ2v) is 5.34. The van der Waals surface area contributed by atoms with Crippen LogP contribution in [0.25, 0.3) is 10.9 Å². The number of anilines is 1. The molecule has 1 unspecified atom stereocenters. The van der Waals surface area contributed by atoms with Crippen LogP contribution in [0.15, 0.2) is 48.8 Å². The standard InChI is InChI=1S/C18H16N4/c1-12-3-8-17-16(9-12)18(21-11-20-17)22-13(2)15-6-4-14(10-19)5-7-15/h3-9,11,13H,1-2H3,(H,20,21,22). The quantitative estimate of drug-likeness (QED) is 0.791. The van der Waals surface area contributed by atoms with Crippen molar-refractivity contribution in [3.8, 4) is 6.07 Å². The maximum Gasteiger partial charge on any atom is 0.137 e. The minimum absolute atomic E-state index is 0.0892. The van der Waals surface area contributed by atoms with Gasteiger partial charge < -0.3 is 5.32 Å². The number of hydrogen-bond acceptors (Lipinski definition) is 4. The Bertz CT molecular complexity index is 847. The second kappa shape index (κ2) is 5.82. The molecule has 1 heterocycles. The molecular weight excluding hydrogens is 272 g/mol. The van der Waals surface area contributed by atoms with Crippen molar-refractivity contribution in [2.24, 2.45) is 0 Å². The Balaban J connectivity index is 1.92. The van der Waals surface area contributed by atoms with E-state index in [4.69, 9.17) is 5.26 Å². The summed E-state index contributed by atoms with van der Waals surface area (Å²) in [6, 6.07) is 15.9. The maximum absolute atomic E-state index is 8.86. The first-order chi connectivity index (χ1) is 10.7. The summed E-state index contributed by atoms with van der Waals surface area (Å²) < 4.78 is 0. The monoisotopic (exact) mass is 288 g/mol. The fourth-order valence-corrected chi connectivity index (χ4v) is 2.42. The van der Waals surface area contributed by atoms with Gasteiger partial charge in [0.05, 0.1) is 17.1 Å². The maximum atomic E-state index is 8.86. The average Bonchev–Trinajstić information content (AvgIpc) is 2.55. The SMILES string of the molecule is Cc1ccc2ncnc(NC(C)c3ccc(C#N)cc3)c2c1. The molecule has 108 valence electrons. The van der Waals surface area contributed by atoms with Gasteiger partial charge in [-0.2, -0.15) is 5.26 Å². The fraction of sp³-hybridized carbons (Fsp3) is 0.167. The van der Waals surface area contributed by atoms with E-state index in [-0.39, 0.29) is 6.04 Å². The molecule has 4 nitrogen and oxygen atoms in total. The topological polar surface area (TPSA) is 61.6 Å². The molecule has 1 N–H and O–H groups in total. The van der Waals surface area contributed by atoms with Crippen LogP contribution in [-0.2, 0) is 0 Å². The van der Waals surface area contributed by atoms with Crippen molar-refractivity contribution in [3.05, 3.63) is 65.5 Å². The summed E-state index contributed by atoms with van der Waals surface area (Å²) >= 11 is 0. The van der Waals surface area contributed by atoms with E-state index in [0.717, 1.165) is 22.3 Å². The predicted octanol–water partition coefficient (Wildman–Crippen LogP) is 3.98. The first kappa shape index (κ1) is 14.0. The Morgan fingerprint density at radius 1 is 1.09 bits per heavy atom. The van der Waals surface area contributed by atoms with Gasteiger partial charge in [-0.15, -0.1) is 0 Å². The summed E-state index contributed by atoms with van der Waals surface area (Å²) in [5, 5.41) is 13.3. The summed E-state index contributed by atoms with van der Waals surface area (Å²) in [7, 11) is 0. The van der Waals surface area contributed by atoms with E-state index in [2.05, 4.69) is 41.3 Å². The number of benzene rings is 2. The van der Waals surface area contributed by atoms with Crippen LogP contribution < -0.4 is 5.32 Å². The number of nitriles is 1. The molecule has 3 aromatic rings. The molecule has 0 radical (unpaired) electrons. The number of nitrogens with one attached hydrogen (secondary N) is 1. The highest BCUT2D eigenvalue weighted by atomic mass is 15.0. The molecule has 0 aliphatic rings. The van der Waals surface area contributed by atoms with Gasteiger partial charge in [-0.3, -0.25) is 0 Å². The zero-order valence-electron chi connectivity index (χ0n) is 12.5. The predicted molar refractivity (Wildman–Crippen MR) is 87.5 cm³/mol. The largest absolute Gasteiger partial charge is 0.363 e. The van der Waals surface area contributed by atoms with Crippen LogP contribution in [0.5, 0.6) is 0 Å². The van der Waals surface area contributed by atoms with Gasteiger partial charge in [0, 0.05) is 11.4 Å². The molecule has 0 spiro atoms. The summed E-state index contributed by atoms with van der Waals surface area (Å²) in [6.07, 6.45) is 1.57. The summed E-state index contributed by atoms with van der Waals surface area (Å²) in [5.74, 6) is 0.825. The van der Waals surface area contributed by atoms with Gasteiger partial charge in [0.25, 0.3) is 0 Å². The highest BCUT2D eigenvalue weighted by molar-refractivity contribution is 5.89. The van der Waals surface area contributed by atoms with E-state index in [1.807, 2.05) is 36.4 Å². The molecule has 22 heavy (non-hydrogen) atoms. The zero-order chi connectivity index (χ0) is 15.5. The molecule has 1 atom stereocenters. The summed E-state index contributed by atoms with van der Waals surface area (Å²) in [4.78, 5) is 8.67. The third kappa shape index (κ3) is 2.75. The number of rotatable bonds is 3. The Hall–Kier alpha value is -2.93. The molecule has 0 saturated heterocycles. The lowest BCUT2D eigenvalue weighted by atomic mass is 10.1. The van der Waals surface area contributed by atoms with Crippen LogP contribution in [0.3, 0.4) is 0 Å². The molecule has 0 aliphatic carbocycles. The lowest BCUT2D eigenvalue weighted by Crippen LogP contribution is -2.08. The Morgan fingerprint density at radius 2 is 1.86 bits per heavy atom. The minimum atomic E-state index is 0.0892. The van der Waals surface area contributed by atoms with E-state index in [1.54, 1.807) is 6.33 Å². The zero-order valence-corrected chi connectivity index (χ0v) is 12.5. The lowest BCUT2D eigenvalue weighted by Gasteiger charge is -2.16. The number of aromatic nitrogens is 2. The van der Waals surface area contributed by atoms with E-state index < -0.39 is 0 Å². The normalized spacial score (nSPS) is 11.9. The number of hydrogen-bond donors (Lipinski definition) is 1. The molecule has 0 fully saturated rings. The Kier molecular flexibility index (Phi) is 3.71. The van der Waals surface area contributed by atoms with Crippen molar-refractivity contribution < 1.29 is 0 Å². The van der Waals surface area contributed by atoms with Gasteiger partial charge in [-0.1, -0.05) is 23.8 Å². The molecule has 3 rings (SSSR count). The van der Waals surface area contributed by atoms with Crippen LogP contribution in [0, 0.1) is 18.3 Å². The van der Waals surface area contributed by atoms with Gasteiger partial charge in [-0.05, 0) is 43.7 Å². The van der Waals surface area contributed by atoms with Crippen molar-refractivity contribution in [1.29, 1.82) is 5.26 Å². The second-order valence-electron chi connectivity index (χ2n) is 5.34. The van der Waals surface area contributed by atoms with Crippen LogP contribution in [-0.4, -0.2) is 9.97 Å². The lowest BCUT2D eigenvalue weighted by molar-refractivity contribution is 0.875. The summed E-state index contributed by atoms with van der Waals surface area (Å²) in [6.45, 7) is 4.13. The molecule has 0 aliphatic heterocycles. The minimum Gasteiger partial charge on any atom is -0.363 e. The first-order valence-electron chi connectivity index (χ1n) is 7.15. The number of aryl methyl sites for hydroxylation is 1. The van der Waals surface area contributed by atoms with Crippen LogP contribution in [0.2, 0.25) is 0 Å². The van der Waals surface area contributed by atoms with Gasteiger partial charge in [-0.25, -0.2) is 9.97 Å². The summed E-state index contributed by atoms with van der Waals surface area (Å²) in [5.41, 5.74) is 3.88. The molecule has 1 aromatic heterocycles. The molecule has 0 bridgehead atoms. The highest BCUT2D eigenvalue weighted by Crippen LogP contribution is 2.24. The first-order valence-corrected chi connectivity index (χ1v) is 7.15. The smallest absolute Gasteiger partial charge is 0.137 e. The van der Waals surface area contributed by atoms with Gasteiger partial charge in [0.2, 0.25) is 0 Å². The number of fused-ring (bicyclic) bond motifs is 1. The third-order valence-corrected chi connectivity index (χ3v) is 3.68. The van der Waals surface area contributed by atoms with E-state index in [0.29, 0.717) is 5.56 Å². The van der Waals surface area contributed by atoms with E-state index in [9.17, 15) is 0 Å². The van der Waals surface area contributed by atoms with Gasteiger partial charge >= 0.3 is 0 Å². The highest BCUT2D eigenvalue weighted by Gasteiger charge is 2.09. The number of nitrogens with zero attached hydrogens (tertiary/aromatic N) is 3.